The average Bonchev–Trinajstić information content (AvgIpc) is 3.17. The van der Waals surface area contributed by atoms with Crippen LogP contribution in [-0.2, 0) is 13.2 Å². The van der Waals surface area contributed by atoms with Gasteiger partial charge in [-0.1, -0.05) is 60.1 Å². The van der Waals surface area contributed by atoms with E-state index in [1.165, 1.54) is 43.8 Å². The minimum Gasteiger partial charge on any atom is -0.488 e. The first kappa shape index (κ1) is 34.3. The molecule has 0 radical (unpaired) electrons. The summed E-state index contributed by atoms with van der Waals surface area (Å²) in [6, 6.07) is 28.2. The Labute approximate surface area is 303 Å². The summed E-state index contributed by atoms with van der Waals surface area (Å²) in [4.78, 5) is 24.4. The maximum absolute atomic E-state index is 11.8. The van der Waals surface area contributed by atoms with E-state index in [1.54, 1.807) is 18.3 Å². The number of benzene rings is 4. The molecule has 8 nitrogen and oxygen atoms in total. The number of hydroxylamine groups is 1. The quantitative estimate of drug-likeness (QED) is 0.102. The maximum atomic E-state index is 11.8. The molecule has 0 aliphatic carbocycles. The van der Waals surface area contributed by atoms with Crippen LogP contribution in [-0.4, -0.2) is 41.8 Å². The number of hydrogen-bond acceptors (Lipinski definition) is 8. The molecule has 9 heteroatoms. The molecule has 1 unspecified atom stereocenters. The van der Waals surface area contributed by atoms with Gasteiger partial charge < -0.3 is 19.2 Å². The monoisotopic (exact) mass is 698 g/mol. The molecule has 3 saturated heterocycles. The Hall–Kier alpha value is -5.20. The van der Waals surface area contributed by atoms with Gasteiger partial charge in [0.05, 0.1) is 22.2 Å². The summed E-state index contributed by atoms with van der Waals surface area (Å²) in [5.41, 5.74) is 12.6. The van der Waals surface area contributed by atoms with Gasteiger partial charge in [-0.15, -0.1) is 0 Å². The number of halogens is 1. The number of nitrogens with one attached hydrogen (secondary N) is 1. The van der Waals surface area contributed by atoms with Crippen molar-refractivity contribution >= 4 is 17.9 Å². The summed E-state index contributed by atoms with van der Waals surface area (Å²) in [5.74, 6) is 2.23. The highest BCUT2D eigenvalue weighted by molar-refractivity contribution is 6.32. The van der Waals surface area contributed by atoms with Crippen molar-refractivity contribution in [1.82, 2.24) is 15.4 Å². The SMILES string of the molecule is Cc1c(COc2cc(OCc3cncc(C#N)c3)c(C=O)cc2Cl)cccc1-c1cccc(-c2ccc(ONC3CN4CCC3CC4)cc2)c1C. The number of nitrogens with zero attached hydrogens (tertiary/aromatic N) is 3. The third kappa shape index (κ3) is 7.62. The van der Waals surface area contributed by atoms with E-state index in [0.717, 1.165) is 45.7 Å². The summed E-state index contributed by atoms with van der Waals surface area (Å²) in [5, 5.41) is 9.48. The predicted molar refractivity (Wildman–Crippen MR) is 198 cm³/mol. The fourth-order valence-electron chi connectivity index (χ4n) is 7.14. The van der Waals surface area contributed by atoms with Crippen LogP contribution in [0.3, 0.4) is 0 Å². The lowest BCUT2D eigenvalue weighted by atomic mass is 9.84. The Morgan fingerprint density at radius 1 is 0.902 bits per heavy atom. The largest absolute Gasteiger partial charge is 0.488 e. The smallest absolute Gasteiger partial charge is 0.153 e. The van der Waals surface area contributed by atoms with E-state index in [2.05, 4.69) is 71.7 Å². The Balaban J connectivity index is 1.05. The van der Waals surface area contributed by atoms with E-state index in [1.807, 2.05) is 24.3 Å². The Kier molecular flexibility index (Phi) is 10.3. The number of carbonyl (C=O) groups is 1. The molecular weight excluding hydrogens is 660 g/mol. The van der Waals surface area contributed by atoms with Crippen LogP contribution in [0.4, 0.5) is 0 Å². The van der Waals surface area contributed by atoms with Gasteiger partial charge in [-0.2, -0.15) is 10.7 Å². The van der Waals surface area contributed by atoms with Crippen molar-refractivity contribution in [3.05, 3.63) is 130 Å². The van der Waals surface area contributed by atoms with Gasteiger partial charge in [-0.05, 0) is 109 Å². The molecule has 8 rings (SSSR count). The standard InChI is InChI=1S/C42H39ClN4O4/c1-27-33(26-50-42-19-41(34(24-48)18-39(42)43)49-25-30-17-29(20-44)21-45-22-30)5-3-7-37(27)38-8-4-6-36(28(38)2)31-9-11-35(12-10-31)51-46-40-23-47-15-13-32(40)14-16-47/h3-12,17-19,21-22,24,32,40,46H,13-16,23,25-26H2,1-2H3. The summed E-state index contributed by atoms with van der Waals surface area (Å²) >= 11 is 6.54. The molecule has 0 saturated carbocycles. The number of aldehydes is 1. The van der Waals surface area contributed by atoms with E-state index in [-0.39, 0.29) is 13.2 Å². The number of piperidine rings is 3. The van der Waals surface area contributed by atoms with Gasteiger partial charge in [0.15, 0.2) is 6.29 Å². The van der Waals surface area contributed by atoms with Crippen molar-refractivity contribution in [3.63, 3.8) is 0 Å². The van der Waals surface area contributed by atoms with Crippen molar-refractivity contribution in [2.24, 2.45) is 5.92 Å². The van der Waals surface area contributed by atoms with Crippen LogP contribution < -0.4 is 19.8 Å². The van der Waals surface area contributed by atoms with Crippen LogP contribution in [0.5, 0.6) is 17.2 Å². The average molecular weight is 699 g/mol. The van der Waals surface area contributed by atoms with Gasteiger partial charge in [-0.25, -0.2) is 0 Å². The normalized spacial score (nSPS) is 17.8. The molecule has 3 aliphatic heterocycles. The zero-order valence-electron chi connectivity index (χ0n) is 28.7. The molecule has 2 bridgehead atoms. The Morgan fingerprint density at radius 2 is 1.63 bits per heavy atom. The minimum absolute atomic E-state index is 0.124. The molecule has 5 aromatic rings. The highest BCUT2D eigenvalue weighted by Crippen LogP contribution is 2.37. The summed E-state index contributed by atoms with van der Waals surface area (Å²) in [6.45, 7) is 8.12. The molecular formula is C42H39ClN4O4. The van der Waals surface area contributed by atoms with Gasteiger partial charge in [0.25, 0.3) is 0 Å². The number of carbonyl (C=O) groups excluding carboxylic acids is 1. The summed E-state index contributed by atoms with van der Waals surface area (Å²) < 4.78 is 12.2. The lowest BCUT2D eigenvalue weighted by Gasteiger charge is -2.44. The molecule has 0 spiro atoms. The summed E-state index contributed by atoms with van der Waals surface area (Å²) in [6.07, 6.45) is 6.28. The fraction of sp³-hybridized carbons (Fsp3) is 0.262. The van der Waals surface area contributed by atoms with Gasteiger partial charge in [0, 0.05) is 30.6 Å². The van der Waals surface area contributed by atoms with Crippen molar-refractivity contribution in [3.8, 4) is 45.6 Å². The van der Waals surface area contributed by atoms with Crippen LogP contribution in [0.15, 0.2) is 91.3 Å². The second-order valence-corrected chi connectivity index (χ2v) is 13.7. The third-order valence-electron chi connectivity index (χ3n) is 10.1. The van der Waals surface area contributed by atoms with Gasteiger partial charge >= 0.3 is 0 Å². The highest BCUT2D eigenvalue weighted by Gasteiger charge is 2.34. The van der Waals surface area contributed by atoms with Crippen LogP contribution in [0, 0.1) is 31.1 Å². The molecule has 1 N–H and O–H groups in total. The number of aromatic nitrogens is 1. The molecule has 51 heavy (non-hydrogen) atoms. The second-order valence-electron chi connectivity index (χ2n) is 13.3. The maximum Gasteiger partial charge on any atom is 0.153 e. The van der Waals surface area contributed by atoms with E-state index >= 15 is 0 Å². The Morgan fingerprint density at radius 3 is 2.35 bits per heavy atom. The van der Waals surface area contributed by atoms with E-state index in [4.69, 9.17) is 25.9 Å². The zero-order chi connectivity index (χ0) is 35.3. The van der Waals surface area contributed by atoms with Crippen molar-refractivity contribution in [2.75, 3.05) is 19.6 Å². The van der Waals surface area contributed by atoms with Gasteiger partial charge in [-0.3, -0.25) is 9.78 Å². The predicted octanol–water partition coefficient (Wildman–Crippen LogP) is 8.51. The highest BCUT2D eigenvalue weighted by atomic mass is 35.5. The zero-order valence-corrected chi connectivity index (χ0v) is 29.5. The number of fused-ring (bicyclic) bond motifs is 3. The molecule has 3 fully saturated rings. The summed E-state index contributed by atoms with van der Waals surface area (Å²) in [7, 11) is 0. The molecule has 4 heterocycles. The first-order chi connectivity index (χ1) is 24.9. The third-order valence-corrected chi connectivity index (χ3v) is 10.4. The van der Waals surface area contributed by atoms with Crippen LogP contribution in [0.25, 0.3) is 22.3 Å². The lowest BCUT2D eigenvalue weighted by molar-refractivity contribution is 0.0164. The number of pyridine rings is 1. The van der Waals surface area contributed by atoms with Crippen LogP contribution in [0.2, 0.25) is 5.02 Å². The van der Waals surface area contributed by atoms with Crippen molar-refractivity contribution in [1.29, 1.82) is 5.26 Å². The number of nitriles is 1. The number of ether oxygens (including phenoxy) is 2. The molecule has 1 atom stereocenters. The van der Waals surface area contributed by atoms with Crippen LogP contribution in [0.1, 0.15) is 51.0 Å². The lowest BCUT2D eigenvalue weighted by Crippen LogP contribution is -2.56. The first-order valence-corrected chi connectivity index (χ1v) is 17.6. The Bertz CT molecular complexity index is 2090. The molecule has 1 aromatic heterocycles. The van der Waals surface area contributed by atoms with Crippen LogP contribution >= 0.6 is 11.6 Å². The number of rotatable bonds is 12. The number of hydrogen-bond donors (Lipinski definition) is 1. The van der Waals surface area contributed by atoms with Gasteiger partial charge in [0.1, 0.15) is 36.5 Å². The second kappa shape index (κ2) is 15.4. The van der Waals surface area contributed by atoms with E-state index in [9.17, 15) is 10.1 Å². The topological polar surface area (TPSA) is 96.7 Å². The van der Waals surface area contributed by atoms with E-state index < -0.39 is 0 Å². The first-order valence-electron chi connectivity index (χ1n) is 17.2. The molecule has 4 aromatic carbocycles. The molecule has 258 valence electrons. The van der Waals surface area contributed by atoms with Crippen molar-refractivity contribution < 1.29 is 19.1 Å². The van der Waals surface area contributed by atoms with E-state index in [0.29, 0.717) is 51.5 Å². The molecule has 3 aliphatic rings. The minimum atomic E-state index is 0.124. The van der Waals surface area contributed by atoms with Crippen molar-refractivity contribution in [2.45, 2.75) is 45.9 Å². The molecule has 0 amide bonds. The van der Waals surface area contributed by atoms with Gasteiger partial charge in [0.2, 0.25) is 0 Å². The fourth-order valence-corrected chi connectivity index (χ4v) is 7.37.